The molecule has 2 atom stereocenters. The molecule has 10 nitrogen and oxygen atoms in total. The van der Waals surface area contributed by atoms with Crippen LogP contribution in [0.4, 0.5) is 9.93 Å². The van der Waals surface area contributed by atoms with E-state index in [4.69, 9.17) is 9.47 Å². The van der Waals surface area contributed by atoms with E-state index in [-0.39, 0.29) is 16.4 Å². The van der Waals surface area contributed by atoms with E-state index in [0.29, 0.717) is 11.4 Å². The Morgan fingerprint density at radius 3 is 2.16 bits per heavy atom. The molecule has 0 spiro atoms. The van der Waals surface area contributed by atoms with E-state index in [1.54, 1.807) is 38.3 Å². The van der Waals surface area contributed by atoms with Crippen molar-refractivity contribution in [1.29, 1.82) is 0 Å². The predicted molar refractivity (Wildman–Crippen MR) is 190 cm³/mol. The van der Waals surface area contributed by atoms with Gasteiger partial charge < -0.3 is 14.8 Å². The van der Waals surface area contributed by atoms with Gasteiger partial charge in [-0.2, -0.15) is 0 Å². The van der Waals surface area contributed by atoms with E-state index in [0.717, 1.165) is 28.0 Å². The van der Waals surface area contributed by atoms with Gasteiger partial charge in [-0.1, -0.05) is 91.0 Å². The minimum absolute atomic E-state index is 0.147. The van der Waals surface area contributed by atoms with Gasteiger partial charge in [-0.05, 0) is 49.6 Å². The number of fused-ring (bicyclic) bond motifs is 1. The highest BCUT2D eigenvalue weighted by molar-refractivity contribution is 8.00. The second-order valence-electron chi connectivity index (χ2n) is 12.2. The summed E-state index contributed by atoms with van der Waals surface area (Å²) in [7, 11) is 0. The monoisotopic (exact) mass is 694 g/mol. The lowest BCUT2D eigenvalue weighted by Gasteiger charge is -2.48. The fraction of sp³-hybridized carbons (Fsp3) is 0.216. The van der Waals surface area contributed by atoms with Crippen molar-refractivity contribution in [3.05, 3.63) is 131 Å². The molecular formula is C37H34N4O6S2. The first kappa shape index (κ1) is 33.7. The van der Waals surface area contributed by atoms with Crippen molar-refractivity contribution < 1.29 is 28.7 Å². The summed E-state index contributed by atoms with van der Waals surface area (Å²) < 4.78 is 11.4. The molecule has 2 aliphatic rings. The number of amides is 3. The molecule has 250 valence electrons. The van der Waals surface area contributed by atoms with Gasteiger partial charge in [0.1, 0.15) is 22.7 Å². The number of carbonyl (C=O) groups is 4. The standard InChI is InChI=1S/C37H34N4O6S2/c1-37(2,3)47-36(45)40-35-38-27(22-49-35)26(21-23-13-7-4-8-14-23)31(42)39-29-32(43)41-28(19-20-48-33(29)41)34(44)46-30(24-15-9-5-10-16-24)25-17-11-6-12-18-25/h4-19,21-22,29-30,33H,20H2,1-3H3,(H,39,42)(H,38,40,45)/b26-21-. The van der Waals surface area contributed by atoms with Gasteiger partial charge in [0.25, 0.3) is 11.8 Å². The summed E-state index contributed by atoms with van der Waals surface area (Å²) in [6.07, 6.45) is 2.02. The number of rotatable bonds is 9. The zero-order valence-corrected chi connectivity index (χ0v) is 28.6. The van der Waals surface area contributed by atoms with Gasteiger partial charge in [0, 0.05) is 11.1 Å². The Hall–Kier alpha value is -5.20. The van der Waals surface area contributed by atoms with Crippen molar-refractivity contribution in [3.8, 4) is 0 Å². The predicted octanol–water partition coefficient (Wildman–Crippen LogP) is 6.65. The van der Waals surface area contributed by atoms with Gasteiger partial charge in [0.05, 0.1) is 11.3 Å². The molecule has 2 N–H and O–H groups in total. The Morgan fingerprint density at radius 1 is 0.939 bits per heavy atom. The average molecular weight is 695 g/mol. The zero-order valence-electron chi connectivity index (χ0n) is 27.0. The van der Waals surface area contributed by atoms with E-state index in [1.165, 1.54) is 16.7 Å². The van der Waals surface area contributed by atoms with E-state index in [9.17, 15) is 19.2 Å². The van der Waals surface area contributed by atoms with E-state index in [1.807, 2.05) is 91.0 Å². The zero-order chi connectivity index (χ0) is 34.5. The largest absolute Gasteiger partial charge is 0.448 e. The molecule has 0 bridgehead atoms. The summed E-state index contributed by atoms with van der Waals surface area (Å²) in [5.41, 5.74) is 2.32. The molecule has 0 radical (unpaired) electrons. The second kappa shape index (κ2) is 14.5. The number of nitrogens with zero attached hydrogens (tertiary/aromatic N) is 2. The maximum absolute atomic E-state index is 13.9. The highest BCUT2D eigenvalue weighted by Crippen LogP contribution is 2.39. The lowest BCUT2D eigenvalue weighted by molar-refractivity contribution is -0.154. The molecule has 0 aliphatic carbocycles. The number of hydrogen-bond donors (Lipinski definition) is 2. The molecule has 4 aromatic rings. The molecule has 1 aromatic heterocycles. The van der Waals surface area contributed by atoms with Crippen LogP contribution in [0.5, 0.6) is 0 Å². The molecule has 3 heterocycles. The Bertz CT molecular complexity index is 1870. The fourth-order valence-electron chi connectivity index (χ4n) is 5.32. The number of thioether (sulfide) groups is 1. The molecule has 6 rings (SSSR count). The maximum Gasteiger partial charge on any atom is 0.413 e. The fourth-order valence-corrected chi connectivity index (χ4v) is 7.21. The smallest absolute Gasteiger partial charge is 0.413 e. The Balaban J connectivity index is 1.18. The second-order valence-corrected chi connectivity index (χ2v) is 14.2. The highest BCUT2D eigenvalue weighted by Gasteiger charge is 2.53. The third-order valence-electron chi connectivity index (χ3n) is 7.51. The lowest BCUT2D eigenvalue weighted by atomic mass is 10.0. The first-order valence-corrected chi connectivity index (χ1v) is 17.5. The first-order valence-electron chi connectivity index (χ1n) is 15.6. The third kappa shape index (κ3) is 7.93. The van der Waals surface area contributed by atoms with Crippen LogP contribution in [0.2, 0.25) is 0 Å². The number of benzene rings is 3. The van der Waals surface area contributed by atoms with Crippen molar-refractivity contribution >= 4 is 63.8 Å². The minimum Gasteiger partial charge on any atom is -0.448 e. The van der Waals surface area contributed by atoms with Crippen molar-refractivity contribution in [1.82, 2.24) is 15.2 Å². The average Bonchev–Trinajstić information content (AvgIpc) is 3.55. The molecule has 3 amide bonds. The van der Waals surface area contributed by atoms with Crippen LogP contribution in [-0.4, -0.2) is 56.5 Å². The summed E-state index contributed by atoms with van der Waals surface area (Å²) in [5, 5.41) is 6.88. The summed E-state index contributed by atoms with van der Waals surface area (Å²) in [5.74, 6) is -1.12. The van der Waals surface area contributed by atoms with Crippen molar-refractivity contribution in [2.24, 2.45) is 0 Å². The Morgan fingerprint density at radius 2 is 1.55 bits per heavy atom. The van der Waals surface area contributed by atoms with E-state index >= 15 is 0 Å². The van der Waals surface area contributed by atoms with Gasteiger partial charge in [0.2, 0.25) is 0 Å². The van der Waals surface area contributed by atoms with Crippen LogP contribution in [0.1, 0.15) is 49.3 Å². The molecule has 3 aromatic carbocycles. The van der Waals surface area contributed by atoms with Crippen molar-refractivity contribution in [2.75, 3.05) is 11.1 Å². The van der Waals surface area contributed by atoms with E-state index < -0.39 is 47.0 Å². The molecule has 2 aliphatic heterocycles. The topological polar surface area (TPSA) is 127 Å². The quantitative estimate of drug-likeness (QED) is 0.113. The SMILES string of the molecule is CC(C)(C)OC(=O)Nc1nc(/C(=C/c2ccccc2)C(=O)NC2C(=O)N3C(C(=O)OC(c4ccccc4)c4ccccc4)=CCSC23)cs1. The van der Waals surface area contributed by atoms with Crippen LogP contribution in [0.15, 0.2) is 108 Å². The number of β-lactam (4-membered cyclic amide) rings is 1. The minimum atomic E-state index is -0.884. The Labute approximate surface area is 292 Å². The number of nitrogens with one attached hydrogen (secondary N) is 2. The highest BCUT2D eigenvalue weighted by atomic mass is 32.2. The van der Waals surface area contributed by atoms with Gasteiger partial charge in [-0.3, -0.25) is 19.8 Å². The van der Waals surface area contributed by atoms with Gasteiger partial charge in [-0.25, -0.2) is 14.6 Å². The van der Waals surface area contributed by atoms with Crippen LogP contribution in [0.3, 0.4) is 0 Å². The summed E-state index contributed by atoms with van der Waals surface area (Å²) in [4.78, 5) is 59.3. The van der Waals surface area contributed by atoms with E-state index in [2.05, 4.69) is 15.6 Å². The number of aromatic nitrogens is 1. The van der Waals surface area contributed by atoms with Crippen LogP contribution in [0.25, 0.3) is 11.6 Å². The summed E-state index contributed by atoms with van der Waals surface area (Å²) in [6.45, 7) is 5.27. The van der Waals surface area contributed by atoms with Gasteiger partial charge in [0.15, 0.2) is 11.2 Å². The van der Waals surface area contributed by atoms with Crippen LogP contribution in [0, 0.1) is 0 Å². The molecule has 0 saturated carbocycles. The molecule has 12 heteroatoms. The summed E-state index contributed by atoms with van der Waals surface area (Å²) in [6, 6.07) is 27.2. The van der Waals surface area contributed by atoms with Crippen LogP contribution < -0.4 is 10.6 Å². The molecule has 2 unspecified atom stereocenters. The number of anilines is 1. The molecule has 1 saturated heterocycles. The van der Waals surface area contributed by atoms with Crippen LogP contribution >= 0.6 is 23.1 Å². The maximum atomic E-state index is 13.9. The third-order valence-corrected chi connectivity index (χ3v) is 9.46. The van der Waals surface area contributed by atoms with Gasteiger partial charge in [-0.15, -0.1) is 23.1 Å². The summed E-state index contributed by atoms with van der Waals surface area (Å²) >= 11 is 2.58. The molecule has 1 fully saturated rings. The normalized spacial score (nSPS) is 17.4. The van der Waals surface area contributed by atoms with Crippen molar-refractivity contribution in [3.63, 3.8) is 0 Å². The lowest BCUT2D eigenvalue weighted by Crippen LogP contribution is -2.70. The number of carbonyl (C=O) groups excluding carboxylic acids is 4. The number of hydrogen-bond acceptors (Lipinski definition) is 9. The van der Waals surface area contributed by atoms with Gasteiger partial charge >= 0.3 is 12.1 Å². The Kier molecular flexibility index (Phi) is 9.97. The van der Waals surface area contributed by atoms with Crippen molar-refractivity contribution in [2.45, 2.75) is 43.9 Å². The molecule has 49 heavy (non-hydrogen) atoms. The van der Waals surface area contributed by atoms with Crippen LogP contribution in [-0.2, 0) is 23.9 Å². The molecular weight excluding hydrogens is 661 g/mol. The number of ether oxygens (including phenoxy) is 2. The first-order chi connectivity index (χ1) is 23.6. The number of thiazole rings is 1. The number of esters is 1.